The van der Waals surface area contributed by atoms with E-state index in [0.29, 0.717) is 21.7 Å². The fourth-order valence-electron chi connectivity index (χ4n) is 3.66. The normalized spacial score (nSPS) is 11.0. The van der Waals surface area contributed by atoms with Gasteiger partial charge in [0, 0.05) is 11.1 Å². The van der Waals surface area contributed by atoms with Crippen LogP contribution in [0.5, 0.6) is 0 Å². The third-order valence-electron chi connectivity index (χ3n) is 5.16. The highest BCUT2D eigenvalue weighted by Gasteiger charge is 2.15. The van der Waals surface area contributed by atoms with Crippen LogP contribution in [0, 0.1) is 0 Å². The summed E-state index contributed by atoms with van der Waals surface area (Å²) >= 11 is 1.24. The van der Waals surface area contributed by atoms with E-state index in [1.165, 1.54) is 11.8 Å². The molecule has 5 rings (SSSR count). The maximum atomic E-state index is 13.2. The van der Waals surface area contributed by atoms with E-state index in [4.69, 9.17) is 0 Å². The van der Waals surface area contributed by atoms with Crippen LogP contribution in [0.2, 0.25) is 0 Å². The van der Waals surface area contributed by atoms with E-state index in [0.717, 1.165) is 16.5 Å². The Hall–Kier alpha value is -3.90. The molecule has 0 saturated heterocycles. The van der Waals surface area contributed by atoms with Gasteiger partial charge in [0.2, 0.25) is 5.91 Å². The lowest BCUT2D eigenvalue weighted by atomic mass is 10.1. The third-order valence-corrected chi connectivity index (χ3v) is 6.09. The molecule has 0 spiro atoms. The number of thioether (sulfide) groups is 1. The number of aromatic nitrogens is 2. The van der Waals surface area contributed by atoms with Crippen LogP contribution in [-0.4, -0.2) is 21.2 Å². The van der Waals surface area contributed by atoms with Crippen LogP contribution < -0.4 is 10.9 Å². The van der Waals surface area contributed by atoms with Crippen molar-refractivity contribution in [1.29, 1.82) is 0 Å². The minimum atomic E-state index is -0.159. The summed E-state index contributed by atoms with van der Waals surface area (Å²) in [5.41, 5.74) is 1.94. The Morgan fingerprint density at radius 1 is 0.812 bits per heavy atom. The minimum absolute atomic E-state index is 0.126. The molecule has 1 N–H and O–H groups in total. The molecule has 1 amide bonds. The largest absolute Gasteiger partial charge is 0.325 e. The van der Waals surface area contributed by atoms with E-state index in [9.17, 15) is 9.59 Å². The van der Waals surface area contributed by atoms with Crippen molar-refractivity contribution in [1.82, 2.24) is 9.55 Å². The topological polar surface area (TPSA) is 64.0 Å². The van der Waals surface area contributed by atoms with Gasteiger partial charge >= 0.3 is 0 Å². The first kappa shape index (κ1) is 20.0. The van der Waals surface area contributed by atoms with E-state index in [2.05, 4.69) is 10.3 Å². The SMILES string of the molecule is O=C(CSc1nc2ccccc2c(=O)n1-c1ccccc1)Nc1cccc2ccccc12. The van der Waals surface area contributed by atoms with Gasteiger partial charge in [0.15, 0.2) is 5.16 Å². The monoisotopic (exact) mass is 437 g/mol. The molecule has 0 saturated carbocycles. The first-order chi connectivity index (χ1) is 15.7. The molecular weight excluding hydrogens is 418 g/mol. The molecule has 5 aromatic rings. The lowest BCUT2D eigenvalue weighted by molar-refractivity contribution is -0.113. The highest BCUT2D eigenvalue weighted by atomic mass is 32.2. The van der Waals surface area contributed by atoms with Gasteiger partial charge in [-0.3, -0.25) is 14.2 Å². The van der Waals surface area contributed by atoms with Crippen molar-refractivity contribution in [2.45, 2.75) is 5.16 Å². The average molecular weight is 438 g/mol. The molecule has 0 atom stereocenters. The summed E-state index contributed by atoms with van der Waals surface area (Å²) < 4.78 is 1.57. The molecule has 156 valence electrons. The zero-order valence-electron chi connectivity index (χ0n) is 17.1. The van der Waals surface area contributed by atoms with E-state index in [1.807, 2.05) is 91.0 Å². The molecule has 5 nitrogen and oxygen atoms in total. The van der Waals surface area contributed by atoms with Gasteiger partial charge in [0.25, 0.3) is 5.56 Å². The number of carbonyl (C=O) groups excluding carboxylic acids is 1. The van der Waals surface area contributed by atoms with Gasteiger partial charge in [0.05, 0.1) is 22.3 Å². The van der Waals surface area contributed by atoms with Gasteiger partial charge in [0.1, 0.15) is 0 Å². The number of anilines is 1. The predicted octanol–water partition coefficient (Wildman–Crippen LogP) is 5.27. The van der Waals surface area contributed by atoms with Gasteiger partial charge in [-0.05, 0) is 35.7 Å². The van der Waals surface area contributed by atoms with Crippen LogP contribution in [-0.2, 0) is 4.79 Å². The van der Waals surface area contributed by atoms with Crippen LogP contribution in [0.25, 0.3) is 27.4 Å². The summed E-state index contributed by atoms with van der Waals surface area (Å²) in [6.45, 7) is 0. The molecule has 0 aliphatic rings. The van der Waals surface area contributed by atoms with Crippen LogP contribution in [0.1, 0.15) is 0 Å². The number of carbonyl (C=O) groups is 1. The fraction of sp³-hybridized carbons (Fsp3) is 0.0385. The Balaban J connectivity index is 1.46. The predicted molar refractivity (Wildman–Crippen MR) is 131 cm³/mol. The molecule has 1 heterocycles. The van der Waals surface area contributed by atoms with E-state index >= 15 is 0 Å². The Kier molecular flexibility index (Phi) is 5.44. The molecular formula is C26H19N3O2S. The van der Waals surface area contributed by atoms with Gasteiger partial charge in [-0.15, -0.1) is 0 Å². The van der Waals surface area contributed by atoms with Crippen molar-refractivity contribution >= 4 is 45.0 Å². The number of hydrogen-bond acceptors (Lipinski definition) is 4. The molecule has 0 aliphatic heterocycles. The molecule has 0 aliphatic carbocycles. The van der Waals surface area contributed by atoms with Crippen molar-refractivity contribution in [2.24, 2.45) is 0 Å². The molecule has 4 aromatic carbocycles. The van der Waals surface area contributed by atoms with Gasteiger partial charge < -0.3 is 5.32 Å². The van der Waals surface area contributed by atoms with Crippen molar-refractivity contribution in [3.8, 4) is 5.69 Å². The summed E-state index contributed by atoms with van der Waals surface area (Å²) in [5.74, 6) is -0.0331. The molecule has 32 heavy (non-hydrogen) atoms. The standard InChI is InChI=1S/C26H19N3O2S/c30-24(27-22-16-8-10-18-9-4-5-13-20(18)22)17-32-26-28-23-15-7-6-14-21(23)25(31)29(26)19-11-2-1-3-12-19/h1-16H,17H2,(H,27,30). The highest BCUT2D eigenvalue weighted by Crippen LogP contribution is 2.25. The number of nitrogens with zero attached hydrogens (tertiary/aromatic N) is 2. The van der Waals surface area contributed by atoms with Gasteiger partial charge in [-0.2, -0.15) is 0 Å². The molecule has 1 aromatic heterocycles. The quantitative estimate of drug-likeness (QED) is 0.301. The maximum Gasteiger partial charge on any atom is 0.266 e. The summed E-state index contributed by atoms with van der Waals surface area (Å²) in [4.78, 5) is 30.7. The number of rotatable bonds is 5. The molecule has 6 heteroatoms. The van der Waals surface area contributed by atoms with Crippen LogP contribution >= 0.6 is 11.8 Å². The summed E-state index contributed by atoms with van der Waals surface area (Å²) in [6.07, 6.45) is 0. The van der Waals surface area contributed by atoms with Crippen molar-refractivity contribution < 1.29 is 4.79 Å². The number of hydrogen-bond donors (Lipinski definition) is 1. The minimum Gasteiger partial charge on any atom is -0.325 e. The van der Waals surface area contributed by atoms with Crippen LogP contribution in [0.3, 0.4) is 0 Å². The zero-order chi connectivity index (χ0) is 21.9. The number of fused-ring (bicyclic) bond motifs is 2. The summed E-state index contributed by atoms with van der Waals surface area (Å²) in [6, 6.07) is 30.3. The highest BCUT2D eigenvalue weighted by molar-refractivity contribution is 7.99. The molecule has 0 bridgehead atoms. The maximum absolute atomic E-state index is 13.2. The van der Waals surface area contributed by atoms with Gasteiger partial charge in [-0.25, -0.2) is 4.98 Å². The Morgan fingerprint density at radius 2 is 1.50 bits per heavy atom. The molecule has 0 fully saturated rings. The Labute approximate surface area is 188 Å². The molecule has 0 radical (unpaired) electrons. The van der Waals surface area contributed by atoms with E-state index in [1.54, 1.807) is 10.6 Å². The smallest absolute Gasteiger partial charge is 0.266 e. The van der Waals surface area contributed by atoms with Crippen molar-refractivity contribution in [3.05, 3.63) is 107 Å². The number of amides is 1. The summed E-state index contributed by atoms with van der Waals surface area (Å²) in [5, 5.41) is 6.06. The lowest BCUT2D eigenvalue weighted by Gasteiger charge is -2.13. The average Bonchev–Trinajstić information content (AvgIpc) is 2.84. The van der Waals surface area contributed by atoms with Crippen molar-refractivity contribution in [3.63, 3.8) is 0 Å². The first-order valence-corrected chi connectivity index (χ1v) is 11.2. The van der Waals surface area contributed by atoms with Crippen LogP contribution in [0.15, 0.2) is 107 Å². The van der Waals surface area contributed by atoms with E-state index < -0.39 is 0 Å². The number of nitrogens with one attached hydrogen (secondary N) is 1. The first-order valence-electron chi connectivity index (χ1n) is 10.2. The zero-order valence-corrected chi connectivity index (χ0v) is 17.9. The van der Waals surface area contributed by atoms with Crippen LogP contribution in [0.4, 0.5) is 5.69 Å². The second-order valence-corrected chi connectivity index (χ2v) is 8.19. The van der Waals surface area contributed by atoms with Gasteiger partial charge in [-0.1, -0.05) is 78.5 Å². The van der Waals surface area contributed by atoms with Crippen molar-refractivity contribution in [2.75, 3.05) is 11.1 Å². The Bertz CT molecular complexity index is 1490. The summed E-state index contributed by atoms with van der Waals surface area (Å²) in [7, 11) is 0. The second kappa shape index (κ2) is 8.69. The van der Waals surface area contributed by atoms with E-state index in [-0.39, 0.29) is 17.2 Å². The third kappa shape index (κ3) is 3.88. The number of para-hydroxylation sites is 2. The number of benzene rings is 4. The lowest BCUT2D eigenvalue weighted by Crippen LogP contribution is -2.22. The second-order valence-electron chi connectivity index (χ2n) is 7.25. The molecule has 0 unspecified atom stereocenters. The Morgan fingerprint density at radius 3 is 2.34 bits per heavy atom. The fourth-order valence-corrected chi connectivity index (χ4v) is 4.48.